The van der Waals surface area contributed by atoms with Gasteiger partial charge in [-0.2, -0.15) is 0 Å². The van der Waals surface area contributed by atoms with Gasteiger partial charge in [-0.1, -0.05) is 32.9 Å². The van der Waals surface area contributed by atoms with Crippen LogP contribution in [0.3, 0.4) is 0 Å². The minimum Gasteiger partial charge on any atom is -0.347 e. The first kappa shape index (κ1) is 21.6. The zero-order chi connectivity index (χ0) is 21.3. The maximum atomic E-state index is 12.5. The zero-order valence-corrected chi connectivity index (χ0v) is 18.4. The number of benzene rings is 1. The van der Waals surface area contributed by atoms with E-state index in [9.17, 15) is 13.2 Å². The van der Waals surface area contributed by atoms with Crippen LogP contribution in [0.2, 0.25) is 0 Å². The molecular weight excluding hydrogens is 390 g/mol. The Labute approximate surface area is 173 Å². The molecule has 1 aromatic rings. The van der Waals surface area contributed by atoms with Gasteiger partial charge in [0.05, 0.1) is 6.26 Å². The number of hydroxylamine groups is 1. The lowest BCUT2D eigenvalue weighted by molar-refractivity contribution is -0.120. The summed E-state index contributed by atoms with van der Waals surface area (Å²) in [6.45, 7) is 7.18. The van der Waals surface area contributed by atoms with Crippen LogP contribution in [-0.2, 0) is 26.2 Å². The third kappa shape index (κ3) is 5.73. The fraction of sp³-hybridized carbons (Fsp3) is 0.571. The van der Waals surface area contributed by atoms with Crippen molar-refractivity contribution in [3.63, 3.8) is 0 Å². The van der Waals surface area contributed by atoms with Crippen molar-refractivity contribution in [1.82, 2.24) is 10.8 Å². The van der Waals surface area contributed by atoms with E-state index in [1.54, 1.807) is 24.3 Å². The molecule has 3 N–H and O–H groups in total. The van der Waals surface area contributed by atoms with Gasteiger partial charge in [-0.25, -0.2) is 8.42 Å². The van der Waals surface area contributed by atoms with E-state index in [0.717, 1.165) is 37.5 Å². The molecule has 3 rings (SSSR count). The van der Waals surface area contributed by atoms with E-state index in [0.29, 0.717) is 29.3 Å². The van der Waals surface area contributed by atoms with Crippen molar-refractivity contribution in [2.45, 2.75) is 58.6 Å². The fourth-order valence-corrected chi connectivity index (χ4v) is 4.56. The predicted molar refractivity (Wildman–Crippen MR) is 113 cm³/mol. The van der Waals surface area contributed by atoms with E-state index in [-0.39, 0.29) is 11.5 Å². The van der Waals surface area contributed by atoms with Crippen LogP contribution in [0.5, 0.6) is 0 Å². The van der Waals surface area contributed by atoms with E-state index in [4.69, 9.17) is 4.84 Å². The second-order valence-electron chi connectivity index (χ2n) is 9.22. The molecule has 29 heavy (non-hydrogen) atoms. The summed E-state index contributed by atoms with van der Waals surface area (Å²) >= 11 is 0. The second-order valence-corrected chi connectivity index (χ2v) is 11.0. The highest BCUT2D eigenvalue weighted by atomic mass is 32.2. The molecule has 1 aromatic carbocycles. The first-order valence-corrected chi connectivity index (χ1v) is 11.9. The average molecular weight is 422 g/mol. The van der Waals surface area contributed by atoms with Crippen LogP contribution in [0.15, 0.2) is 36.0 Å². The first-order chi connectivity index (χ1) is 13.5. The molecule has 8 heteroatoms. The van der Waals surface area contributed by atoms with Crippen LogP contribution in [0.25, 0.3) is 0 Å². The third-order valence-electron chi connectivity index (χ3n) is 5.78. The Balaban J connectivity index is 1.53. The van der Waals surface area contributed by atoms with Gasteiger partial charge in [0, 0.05) is 12.2 Å². The molecule has 0 aromatic heterocycles. The smallest absolute Gasteiger partial charge is 0.269 e. The number of hydrogen-bond acceptors (Lipinski definition) is 5. The fourth-order valence-electron chi connectivity index (χ4n) is 3.99. The van der Waals surface area contributed by atoms with Crippen molar-refractivity contribution in [3.8, 4) is 0 Å². The molecule has 0 bridgehead atoms. The van der Waals surface area contributed by atoms with Gasteiger partial charge in [-0.3, -0.25) is 19.8 Å². The Bertz CT molecular complexity index is 877. The average Bonchev–Trinajstić information content (AvgIpc) is 3.03. The maximum absolute atomic E-state index is 12.5. The van der Waals surface area contributed by atoms with Crippen LogP contribution in [-0.4, -0.2) is 26.2 Å². The number of carbonyl (C=O) groups is 1. The number of sulfonamides is 1. The van der Waals surface area contributed by atoms with Gasteiger partial charge in [0.1, 0.15) is 11.3 Å². The van der Waals surface area contributed by atoms with Gasteiger partial charge >= 0.3 is 0 Å². The number of hydrogen-bond donors (Lipinski definition) is 3. The van der Waals surface area contributed by atoms with Crippen molar-refractivity contribution in [1.29, 1.82) is 0 Å². The van der Waals surface area contributed by atoms with Crippen LogP contribution in [0.1, 0.15) is 52.0 Å². The van der Waals surface area contributed by atoms with Gasteiger partial charge in [-0.05, 0) is 60.8 Å². The molecule has 2 aliphatic rings. The van der Waals surface area contributed by atoms with Crippen LogP contribution in [0, 0.1) is 11.3 Å². The summed E-state index contributed by atoms with van der Waals surface area (Å²) < 4.78 is 24.9. The van der Waals surface area contributed by atoms with Crippen LogP contribution >= 0.6 is 0 Å². The Morgan fingerprint density at radius 1 is 1.21 bits per heavy atom. The van der Waals surface area contributed by atoms with Crippen molar-refractivity contribution in [3.05, 3.63) is 41.6 Å². The number of nitrogens with one attached hydrogen (secondary N) is 3. The minimum atomic E-state index is -3.30. The summed E-state index contributed by atoms with van der Waals surface area (Å²) in [6.07, 6.45) is 7.03. The topological polar surface area (TPSA) is 96.5 Å². The molecular formula is C21H31N3O4S. The monoisotopic (exact) mass is 421 g/mol. The lowest BCUT2D eigenvalue weighted by atomic mass is 9.68. The second kappa shape index (κ2) is 7.99. The van der Waals surface area contributed by atoms with Crippen LogP contribution < -0.4 is 15.5 Å². The van der Waals surface area contributed by atoms with E-state index >= 15 is 0 Å². The predicted octanol–water partition coefficient (Wildman–Crippen LogP) is 3.07. The molecule has 7 nitrogen and oxygen atoms in total. The van der Waals surface area contributed by atoms with Crippen molar-refractivity contribution >= 4 is 21.6 Å². The van der Waals surface area contributed by atoms with Crippen molar-refractivity contribution in [2.24, 2.45) is 11.3 Å². The highest BCUT2D eigenvalue weighted by Gasteiger charge is 2.42. The lowest BCUT2D eigenvalue weighted by Crippen LogP contribution is -2.37. The first-order valence-electron chi connectivity index (χ1n) is 9.98. The summed E-state index contributed by atoms with van der Waals surface area (Å²) in [5, 5.41) is 2.88. The molecule has 0 radical (unpaired) electrons. The molecule has 1 aliphatic carbocycles. The molecule has 0 saturated heterocycles. The molecule has 1 aliphatic heterocycles. The summed E-state index contributed by atoms with van der Waals surface area (Å²) in [5.41, 5.74) is 4.54. The summed E-state index contributed by atoms with van der Waals surface area (Å²) in [7, 11) is -3.30. The van der Waals surface area contributed by atoms with Gasteiger partial charge in [0.25, 0.3) is 5.91 Å². The number of amides is 1. The molecule has 160 valence electrons. The summed E-state index contributed by atoms with van der Waals surface area (Å²) in [4.78, 5) is 18.3. The number of rotatable bonds is 5. The van der Waals surface area contributed by atoms with Gasteiger partial charge in [-0.15, -0.1) is 0 Å². The normalized spacial score (nSPS) is 24.7. The van der Waals surface area contributed by atoms with Gasteiger partial charge in [0.15, 0.2) is 0 Å². The Morgan fingerprint density at radius 3 is 2.38 bits per heavy atom. The largest absolute Gasteiger partial charge is 0.347 e. The maximum Gasteiger partial charge on any atom is 0.269 e. The highest BCUT2D eigenvalue weighted by molar-refractivity contribution is 7.92. The van der Waals surface area contributed by atoms with E-state index in [2.05, 4.69) is 36.3 Å². The summed E-state index contributed by atoms with van der Waals surface area (Å²) in [6, 6.07) is 6.88. The highest BCUT2D eigenvalue weighted by Crippen LogP contribution is 2.44. The van der Waals surface area contributed by atoms with Gasteiger partial charge < -0.3 is 5.32 Å². The molecule has 1 heterocycles. The van der Waals surface area contributed by atoms with Crippen molar-refractivity contribution < 1.29 is 18.0 Å². The Morgan fingerprint density at radius 2 is 1.83 bits per heavy atom. The van der Waals surface area contributed by atoms with Crippen molar-refractivity contribution in [2.75, 3.05) is 11.0 Å². The van der Waals surface area contributed by atoms with E-state index in [1.807, 2.05) is 6.08 Å². The summed E-state index contributed by atoms with van der Waals surface area (Å²) in [5.74, 6) is 0.460. The molecule has 0 unspecified atom stereocenters. The van der Waals surface area contributed by atoms with Crippen LogP contribution in [0.4, 0.5) is 5.69 Å². The third-order valence-corrected chi connectivity index (χ3v) is 6.39. The number of anilines is 1. The molecule has 1 spiro atoms. The molecule has 1 saturated carbocycles. The van der Waals surface area contributed by atoms with E-state index < -0.39 is 10.0 Å². The Hall–Kier alpha value is -2.06. The Kier molecular flexibility index (Phi) is 5.96. The SMILES string of the molecule is CC(C)(C)C1CCC2(C=C(C(=O)NCc3ccc(NS(C)(=O)=O)cc3)NO2)CC1. The standard InChI is InChI=1S/C21H31N3O4S/c1-20(2,3)16-9-11-21(12-10-16)13-18(23-28-21)19(25)22-14-15-5-7-17(8-6-15)24-29(4,26)27/h5-8,13,16,23-24H,9-12,14H2,1-4H3,(H,22,25). The minimum absolute atomic E-state index is 0.210. The lowest BCUT2D eigenvalue weighted by Gasteiger charge is -2.40. The van der Waals surface area contributed by atoms with Gasteiger partial charge in [0.2, 0.25) is 10.0 Å². The zero-order valence-electron chi connectivity index (χ0n) is 17.5. The number of carbonyl (C=O) groups excluding carboxylic acids is 1. The molecule has 0 atom stereocenters. The quantitative estimate of drug-likeness (QED) is 0.679. The molecule has 1 amide bonds. The van der Waals surface area contributed by atoms with E-state index in [1.165, 1.54) is 0 Å². The molecule has 1 fully saturated rings.